The van der Waals surface area contributed by atoms with Crippen LogP contribution < -0.4 is 14.2 Å². The molecule has 0 spiro atoms. The molecule has 8 heteroatoms. The molecule has 2 heterocycles. The number of likely N-dealkylation sites (tertiary alicyclic amines) is 1. The number of furan rings is 1. The van der Waals surface area contributed by atoms with Crippen molar-refractivity contribution in [2.24, 2.45) is 5.92 Å². The van der Waals surface area contributed by atoms with Crippen LogP contribution in [0.1, 0.15) is 56.5 Å². The summed E-state index contributed by atoms with van der Waals surface area (Å²) >= 11 is 0. The molecule has 0 saturated carbocycles. The first-order chi connectivity index (χ1) is 18.8. The van der Waals surface area contributed by atoms with Gasteiger partial charge in [-0.2, -0.15) is 0 Å². The van der Waals surface area contributed by atoms with E-state index >= 15 is 0 Å². The molecule has 1 unspecified atom stereocenters. The second-order valence-corrected chi connectivity index (χ2v) is 9.82. The van der Waals surface area contributed by atoms with Crippen molar-refractivity contribution in [2.75, 3.05) is 20.3 Å². The van der Waals surface area contributed by atoms with Gasteiger partial charge in [-0.3, -0.25) is 9.59 Å². The Morgan fingerprint density at radius 3 is 2.54 bits per heavy atom. The Balaban J connectivity index is 1.79. The van der Waals surface area contributed by atoms with Gasteiger partial charge in [0, 0.05) is 5.56 Å². The molecule has 8 nitrogen and oxygen atoms in total. The van der Waals surface area contributed by atoms with Crippen LogP contribution in [0.2, 0.25) is 0 Å². The fourth-order valence-corrected chi connectivity index (χ4v) is 4.45. The summed E-state index contributed by atoms with van der Waals surface area (Å²) in [6, 6.07) is 14.7. The van der Waals surface area contributed by atoms with Crippen molar-refractivity contribution in [1.82, 2.24) is 4.90 Å². The normalized spacial score (nSPS) is 16.6. The highest BCUT2D eigenvalue weighted by atomic mass is 16.5. The number of amides is 1. The highest BCUT2D eigenvalue weighted by Crippen LogP contribution is 2.43. The molecule has 0 bridgehead atoms. The zero-order chi connectivity index (χ0) is 27.9. The van der Waals surface area contributed by atoms with Crippen molar-refractivity contribution >= 4 is 17.4 Å². The van der Waals surface area contributed by atoms with Gasteiger partial charge in [0.15, 0.2) is 11.5 Å². The lowest BCUT2D eigenvalue weighted by atomic mass is 9.95. The number of rotatable bonds is 12. The number of Topliss-reactive ketones (excluding diaryl/α,β-unsaturated/α-hetero) is 1. The molecule has 1 aromatic heterocycles. The van der Waals surface area contributed by atoms with Gasteiger partial charge in [0.1, 0.15) is 17.3 Å². The van der Waals surface area contributed by atoms with E-state index < -0.39 is 17.7 Å². The summed E-state index contributed by atoms with van der Waals surface area (Å²) in [5, 5.41) is 11.4. The van der Waals surface area contributed by atoms with E-state index in [2.05, 4.69) is 13.8 Å². The van der Waals surface area contributed by atoms with Crippen LogP contribution in [-0.2, 0) is 16.1 Å². The zero-order valence-electron chi connectivity index (χ0n) is 22.8. The second-order valence-electron chi connectivity index (χ2n) is 9.82. The molecule has 39 heavy (non-hydrogen) atoms. The zero-order valence-corrected chi connectivity index (χ0v) is 22.8. The Morgan fingerprint density at radius 2 is 1.85 bits per heavy atom. The molecule has 0 radical (unpaired) electrons. The smallest absolute Gasteiger partial charge is 0.296 e. The van der Waals surface area contributed by atoms with Crippen LogP contribution in [0.5, 0.6) is 17.2 Å². The first kappa shape index (κ1) is 27.8. The van der Waals surface area contributed by atoms with E-state index in [1.165, 1.54) is 18.3 Å². The Bertz CT molecular complexity index is 1330. The summed E-state index contributed by atoms with van der Waals surface area (Å²) in [6.07, 6.45) is 3.22. The highest BCUT2D eigenvalue weighted by Gasteiger charge is 2.46. The minimum absolute atomic E-state index is 0.0188. The molecule has 206 valence electrons. The predicted octanol–water partition coefficient (Wildman–Crippen LogP) is 6.12. The average Bonchev–Trinajstić information content (AvgIpc) is 3.54. The van der Waals surface area contributed by atoms with E-state index in [1.54, 1.807) is 54.6 Å². The molecule has 1 aliphatic rings. The number of aliphatic hydroxyl groups excluding tert-OH is 1. The monoisotopic (exact) mass is 533 g/mol. The first-order valence-electron chi connectivity index (χ1n) is 13.2. The van der Waals surface area contributed by atoms with E-state index in [0.717, 1.165) is 12.8 Å². The molecule has 1 N–H and O–H groups in total. The van der Waals surface area contributed by atoms with E-state index in [1.807, 2.05) is 6.92 Å². The van der Waals surface area contributed by atoms with Crippen molar-refractivity contribution in [3.8, 4) is 17.2 Å². The van der Waals surface area contributed by atoms with Gasteiger partial charge in [-0.05, 0) is 60.7 Å². The summed E-state index contributed by atoms with van der Waals surface area (Å²) in [5.41, 5.74) is 0.952. The van der Waals surface area contributed by atoms with Crippen LogP contribution in [0.25, 0.3) is 5.76 Å². The van der Waals surface area contributed by atoms with Crippen molar-refractivity contribution in [1.29, 1.82) is 0 Å². The van der Waals surface area contributed by atoms with Crippen LogP contribution in [0.4, 0.5) is 0 Å². The van der Waals surface area contributed by atoms with Crippen molar-refractivity contribution in [2.45, 2.75) is 46.2 Å². The molecular formula is C31H35NO7. The fourth-order valence-electron chi connectivity index (χ4n) is 4.45. The Kier molecular flexibility index (Phi) is 8.96. The van der Waals surface area contributed by atoms with Gasteiger partial charge in [0.2, 0.25) is 0 Å². The average molecular weight is 534 g/mol. The molecule has 1 atom stereocenters. The number of ether oxygens (including phenoxy) is 3. The number of benzene rings is 2. The lowest BCUT2D eigenvalue weighted by molar-refractivity contribution is -0.140. The lowest BCUT2D eigenvalue weighted by Crippen LogP contribution is -2.29. The highest BCUT2D eigenvalue weighted by molar-refractivity contribution is 6.46. The Labute approximate surface area is 228 Å². The number of nitrogens with zero attached hydrogens (tertiary/aromatic N) is 1. The number of aliphatic hydroxyl groups is 1. The molecular weight excluding hydrogens is 498 g/mol. The van der Waals surface area contributed by atoms with E-state index in [9.17, 15) is 14.7 Å². The Morgan fingerprint density at radius 1 is 1.03 bits per heavy atom. The van der Waals surface area contributed by atoms with Gasteiger partial charge in [0.05, 0.1) is 44.7 Å². The quantitative estimate of drug-likeness (QED) is 0.170. The number of carbonyl (C=O) groups excluding carboxylic acids is 2. The van der Waals surface area contributed by atoms with Crippen molar-refractivity contribution < 1.29 is 33.3 Å². The fraction of sp³-hybridized carbons (Fsp3) is 0.355. The summed E-state index contributed by atoms with van der Waals surface area (Å²) in [6.45, 7) is 7.34. The summed E-state index contributed by atoms with van der Waals surface area (Å²) in [5.74, 6) is 0.804. The molecule has 1 amide bonds. The molecule has 1 saturated heterocycles. The van der Waals surface area contributed by atoms with Crippen LogP contribution in [0.15, 0.2) is 70.9 Å². The largest absolute Gasteiger partial charge is 0.507 e. The molecule has 2 aromatic carbocycles. The van der Waals surface area contributed by atoms with Crippen molar-refractivity contribution in [3.63, 3.8) is 0 Å². The SMILES string of the molecule is CCCOc1cccc(C(O)=C2C(=O)C(=O)N(Cc3ccco3)C2c2ccc(OCCC(C)C)c(OC)c2)c1. The molecule has 0 aliphatic carbocycles. The standard InChI is InChI=1S/C31H35NO7/c1-5-14-37-23-9-6-8-22(17-23)29(33)27-28(32(31(35)30(27)34)19-24-10-7-15-38-24)21-11-12-25(26(18-21)36-4)39-16-13-20(2)3/h6-12,15,17-18,20,28,33H,5,13-14,16,19H2,1-4H3. The maximum Gasteiger partial charge on any atom is 0.296 e. The summed E-state index contributed by atoms with van der Waals surface area (Å²) < 4.78 is 22.7. The molecule has 3 aromatic rings. The van der Waals surface area contributed by atoms with Crippen LogP contribution >= 0.6 is 0 Å². The van der Waals surface area contributed by atoms with E-state index in [4.69, 9.17) is 18.6 Å². The summed E-state index contributed by atoms with van der Waals surface area (Å²) in [4.78, 5) is 28.1. The number of hydrogen-bond donors (Lipinski definition) is 1. The number of hydrogen-bond acceptors (Lipinski definition) is 7. The van der Waals surface area contributed by atoms with Crippen LogP contribution in [0, 0.1) is 5.92 Å². The maximum atomic E-state index is 13.4. The van der Waals surface area contributed by atoms with Gasteiger partial charge < -0.3 is 28.6 Å². The third-order valence-electron chi connectivity index (χ3n) is 6.48. The minimum atomic E-state index is -0.881. The van der Waals surface area contributed by atoms with Crippen LogP contribution in [0.3, 0.4) is 0 Å². The number of ketones is 1. The van der Waals surface area contributed by atoms with Gasteiger partial charge in [-0.25, -0.2) is 0 Å². The summed E-state index contributed by atoms with van der Waals surface area (Å²) in [7, 11) is 1.54. The topological polar surface area (TPSA) is 98.4 Å². The second kappa shape index (κ2) is 12.6. The Hall–Kier alpha value is -4.20. The minimum Gasteiger partial charge on any atom is -0.507 e. The molecule has 1 fully saturated rings. The van der Waals surface area contributed by atoms with Gasteiger partial charge >= 0.3 is 0 Å². The number of methoxy groups -OCH3 is 1. The third-order valence-corrected chi connectivity index (χ3v) is 6.48. The van der Waals surface area contributed by atoms with Crippen LogP contribution in [-0.4, -0.2) is 42.0 Å². The van der Waals surface area contributed by atoms with Gasteiger partial charge in [0.25, 0.3) is 11.7 Å². The molecule has 4 rings (SSSR count). The third kappa shape index (κ3) is 6.28. The lowest BCUT2D eigenvalue weighted by Gasteiger charge is -2.25. The van der Waals surface area contributed by atoms with Gasteiger partial charge in [-0.15, -0.1) is 0 Å². The molecule has 1 aliphatic heterocycles. The van der Waals surface area contributed by atoms with E-state index in [0.29, 0.717) is 53.3 Å². The van der Waals surface area contributed by atoms with E-state index in [-0.39, 0.29) is 17.9 Å². The predicted molar refractivity (Wildman–Crippen MR) is 147 cm³/mol. The van der Waals surface area contributed by atoms with Crippen molar-refractivity contribution in [3.05, 3.63) is 83.3 Å². The number of carbonyl (C=O) groups is 2. The first-order valence-corrected chi connectivity index (χ1v) is 13.2. The maximum absolute atomic E-state index is 13.4. The van der Waals surface area contributed by atoms with Gasteiger partial charge in [-0.1, -0.05) is 39.0 Å².